The van der Waals surface area contributed by atoms with Crippen molar-refractivity contribution in [3.63, 3.8) is 0 Å². The molecule has 0 unspecified atom stereocenters. The molecule has 1 saturated heterocycles. The van der Waals surface area contributed by atoms with Gasteiger partial charge in [0, 0.05) is 18.2 Å². The highest BCUT2D eigenvalue weighted by Gasteiger charge is 2.39. The predicted octanol–water partition coefficient (Wildman–Crippen LogP) is 2.82. The van der Waals surface area contributed by atoms with Crippen LogP contribution in [0.15, 0.2) is 18.2 Å². The Hall–Kier alpha value is -1.34. The first kappa shape index (κ1) is 18.5. The maximum atomic E-state index is 13.2. The second kappa shape index (κ2) is 7.50. The van der Waals surface area contributed by atoms with Crippen LogP contribution in [0.2, 0.25) is 5.02 Å². The van der Waals surface area contributed by atoms with Gasteiger partial charge >= 0.3 is 0 Å². The summed E-state index contributed by atoms with van der Waals surface area (Å²) >= 11 is 5.71. The van der Waals surface area contributed by atoms with Gasteiger partial charge in [0.05, 0.1) is 16.5 Å². The molecular formula is C17H21ClFNO4S. The molecule has 1 saturated carbocycles. The van der Waals surface area contributed by atoms with Gasteiger partial charge in [0.15, 0.2) is 16.4 Å². The topological polar surface area (TPSA) is 63.7 Å². The van der Waals surface area contributed by atoms with Crippen molar-refractivity contribution in [1.29, 1.82) is 0 Å². The number of ether oxygens (including phenoxy) is 1. The zero-order valence-corrected chi connectivity index (χ0v) is 15.4. The molecule has 138 valence electrons. The number of nitrogens with zero attached hydrogens (tertiary/aromatic N) is 1. The van der Waals surface area contributed by atoms with Gasteiger partial charge in [0.2, 0.25) is 0 Å². The number of hydrogen-bond donors (Lipinski definition) is 0. The van der Waals surface area contributed by atoms with Crippen LogP contribution in [0, 0.1) is 5.82 Å². The van der Waals surface area contributed by atoms with Crippen LogP contribution < -0.4 is 4.74 Å². The number of sulfone groups is 1. The highest BCUT2D eigenvalue weighted by Crippen LogP contribution is 2.29. The molecule has 1 amide bonds. The zero-order valence-electron chi connectivity index (χ0n) is 13.8. The normalized spacial score (nSPS) is 22.9. The fourth-order valence-electron chi connectivity index (χ4n) is 3.67. The molecule has 0 aromatic heterocycles. The summed E-state index contributed by atoms with van der Waals surface area (Å²) in [5.74, 6) is -0.316. The first-order valence-electron chi connectivity index (χ1n) is 8.45. The van der Waals surface area contributed by atoms with Crippen molar-refractivity contribution in [3.05, 3.63) is 29.0 Å². The van der Waals surface area contributed by atoms with Crippen molar-refractivity contribution in [2.24, 2.45) is 0 Å². The summed E-state index contributed by atoms with van der Waals surface area (Å²) in [6.07, 6.45) is 4.35. The summed E-state index contributed by atoms with van der Waals surface area (Å²) < 4.78 is 42.3. The standard InChI is InChI=1S/C17H21ClFNO4S/c18-15-9-14(5-6-16(15)19)24-10-17(21)20(12-3-1-2-4-12)13-7-8-25(22,23)11-13/h5-6,9,12-13H,1-4,7-8,10-11H2/t13-/m0/s1. The van der Waals surface area contributed by atoms with E-state index in [0.717, 1.165) is 25.7 Å². The Bertz CT molecular complexity index is 749. The van der Waals surface area contributed by atoms with Crippen LogP contribution in [-0.4, -0.2) is 49.4 Å². The highest BCUT2D eigenvalue weighted by atomic mass is 35.5. The van der Waals surface area contributed by atoms with E-state index in [0.29, 0.717) is 12.2 Å². The lowest BCUT2D eigenvalue weighted by Gasteiger charge is -2.34. The molecule has 1 aliphatic heterocycles. The molecule has 5 nitrogen and oxygen atoms in total. The van der Waals surface area contributed by atoms with Crippen LogP contribution in [0.4, 0.5) is 4.39 Å². The third-order valence-electron chi connectivity index (χ3n) is 4.86. The number of benzene rings is 1. The molecule has 1 aromatic rings. The van der Waals surface area contributed by atoms with Crippen molar-refractivity contribution >= 4 is 27.3 Å². The first-order valence-corrected chi connectivity index (χ1v) is 10.6. The monoisotopic (exact) mass is 389 g/mol. The van der Waals surface area contributed by atoms with Crippen LogP contribution in [0.25, 0.3) is 0 Å². The van der Waals surface area contributed by atoms with Gasteiger partial charge in [0.25, 0.3) is 5.91 Å². The SMILES string of the molecule is O=C(COc1ccc(F)c(Cl)c1)N(C1CCCC1)[C@H]1CCS(=O)(=O)C1. The third-order valence-corrected chi connectivity index (χ3v) is 6.90. The number of rotatable bonds is 5. The lowest BCUT2D eigenvalue weighted by molar-refractivity contribution is -0.137. The van der Waals surface area contributed by atoms with Crippen LogP contribution in [-0.2, 0) is 14.6 Å². The summed E-state index contributed by atoms with van der Waals surface area (Å²) in [5.41, 5.74) is 0. The molecule has 1 aliphatic carbocycles. The molecule has 8 heteroatoms. The fraction of sp³-hybridized carbons (Fsp3) is 0.588. The molecule has 1 heterocycles. The van der Waals surface area contributed by atoms with Crippen LogP contribution in [0.5, 0.6) is 5.75 Å². The van der Waals surface area contributed by atoms with Crippen molar-refractivity contribution < 1.29 is 22.3 Å². The van der Waals surface area contributed by atoms with Crippen molar-refractivity contribution in [3.8, 4) is 5.75 Å². The van der Waals surface area contributed by atoms with Crippen molar-refractivity contribution in [1.82, 2.24) is 4.90 Å². The molecule has 25 heavy (non-hydrogen) atoms. The van der Waals surface area contributed by atoms with Gasteiger partial charge in [-0.25, -0.2) is 12.8 Å². The Morgan fingerprint density at radius 1 is 1.24 bits per heavy atom. The summed E-state index contributed by atoms with van der Waals surface area (Å²) in [6.45, 7) is -0.213. The van der Waals surface area contributed by atoms with E-state index in [1.807, 2.05) is 0 Å². The average molecular weight is 390 g/mol. The number of carbonyl (C=O) groups is 1. The molecule has 0 bridgehead atoms. The Balaban J connectivity index is 1.69. The molecule has 2 fully saturated rings. The number of hydrogen-bond acceptors (Lipinski definition) is 4. The molecule has 0 radical (unpaired) electrons. The quantitative estimate of drug-likeness (QED) is 0.776. The largest absolute Gasteiger partial charge is 0.484 e. The number of halogens is 2. The van der Waals surface area contributed by atoms with E-state index in [4.69, 9.17) is 16.3 Å². The average Bonchev–Trinajstić information content (AvgIpc) is 3.19. The Kier molecular flexibility index (Phi) is 5.53. The smallest absolute Gasteiger partial charge is 0.261 e. The number of amides is 1. The van der Waals surface area contributed by atoms with Gasteiger partial charge in [-0.3, -0.25) is 4.79 Å². The summed E-state index contributed by atoms with van der Waals surface area (Å²) in [7, 11) is -3.07. The van der Waals surface area contributed by atoms with Crippen molar-refractivity contribution in [2.75, 3.05) is 18.1 Å². The second-order valence-electron chi connectivity index (χ2n) is 6.66. The van der Waals surface area contributed by atoms with Crippen LogP contribution in [0.1, 0.15) is 32.1 Å². The number of carbonyl (C=O) groups excluding carboxylic acids is 1. The minimum atomic E-state index is -3.07. The van der Waals surface area contributed by atoms with Gasteiger partial charge < -0.3 is 9.64 Å². The lowest BCUT2D eigenvalue weighted by atomic mass is 10.1. The Morgan fingerprint density at radius 2 is 1.96 bits per heavy atom. The van der Waals surface area contributed by atoms with Crippen LogP contribution >= 0.6 is 11.6 Å². The van der Waals surface area contributed by atoms with E-state index in [2.05, 4.69) is 0 Å². The molecule has 2 aliphatic rings. The van der Waals surface area contributed by atoms with E-state index in [1.165, 1.54) is 18.2 Å². The fourth-order valence-corrected chi connectivity index (χ4v) is 5.55. The van der Waals surface area contributed by atoms with E-state index in [-0.39, 0.29) is 41.1 Å². The Morgan fingerprint density at radius 3 is 2.56 bits per heavy atom. The van der Waals surface area contributed by atoms with Gasteiger partial charge in [-0.2, -0.15) is 0 Å². The summed E-state index contributed by atoms with van der Waals surface area (Å²) in [6, 6.07) is 3.71. The maximum absolute atomic E-state index is 13.2. The molecule has 1 atom stereocenters. The minimum absolute atomic E-state index is 0.0254. The molecule has 1 aromatic carbocycles. The molecule has 0 spiro atoms. The minimum Gasteiger partial charge on any atom is -0.484 e. The predicted molar refractivity (Wildman–Crippen MR) is 93.1 cm³/mol. The van der Waals surface area contributed by atoms with Gasteiger partial charge in [-0.05, 0) is 31.4 Å². The molecule has 3 rings (SSSR count). The van der Waals surface area contributed by atoms with E-state index >= 15 is 0 Å². The zero-order chi connectivity index (χ0) is 18.0. The molecular weight excluding hydrogens is 369 g/mol. The highest BCUT2D eigenvalue weighted by molar-refractivity contribution is 7.91. The van der Waals surface area contributed by atoms with Crippen LogP contribution in [0.3, 0.4) is 0 Å². The maximum Gasteiger partial charge on any atom is 0.261 e. The van der Waals surface area contributed by atoms with Gasteiger partial charge in [0.1, 0.15) is 11.6 Å². The van der Waals surface area contributed by atoms with E-state index < -0.39 is 15.7 Å². The van der Waals surface area contributed by atoms with E-state index in [9.17, 15) is 17.6 Å². The lowest BCUT2D eigenvalue weighted by Crippen LogP contribution is -2.48. The van der Waals surface area contributed by atoms with Crippen molar-refractivity contribution in [2.45, 2.75) is 44.2 Å². The van der Waals surface area contributed by atoms with Gasteiger partial charge in [-0.1, -0.05) is 24.4 Å². The first-order chi connectivity index (χ1) is 11.9. The Labute approximate surface area is 152 Å². The van der Waals surface area contributed by atoms with Gasteiger partial charge in [-0.15, -0.1) is 0 Å². The third kappa shape index (κ3) is 4.44. The molecule has 0 N–H and O–H groups in total. The second-order valence-corrected chi connectivity index (χ2v) is 9.30. The van der Waals surface area contributed by atoms with E-state index in [1.54, 1.807) is 4.90 Å². The summed E-state index contributed by atoms with van der Waals surface area (Å²) in [5, 5.41) is -0.0699. The summed E-state index contributed by atoms with van der Waals surface area (Å²) in [4.78, 5) is 14.5.